The van der Waals surface area contributed by atoms with E-state index in [1.54, 1.807) is 25.1 Å². The molecule has 0 radical (unpaired) electrons. The first-order chi connectivity index (χ1) is 8.28. The molecule has 0 fully saturated rings. The quantitative estimate of drug-likeness (QED) is 0.826. The average molecular weight is 249 g/mol. The minimum Gasteiger partial charge on any atom is -0.497 e. The lowest BCUT2D eigenvalue weighted by Crippen LogP contribution is -1.91. The molecule has 0 aliphatic carbocycles. The Balaban J connectivity index is 1.92. The molecule has 90 valence electrons. The molecule has 1 aromatic carbocycles. The first-order valence-electron chi connectivity index (χ1n) is 5.31. The Morgan fingerprint density at radius 1 is 1.29 bits per heavy atom. The van der Waals surface area contributed by atoms with Crippen LogP contribution in [0.2, 0.25) is 0 Å². The van der Waals surface area contributed by atoms with Crippen molar-refractivity contribution in [2.75, 3.05) is 12.8 Å². The first-order valence-corrected chi connectivity index (χ1v) is 6.47. The van der Waals surface area contributed by atoms with E-state index >= 15 is 0 Å². The average Bonchev–Trinajstić information content (AvgIpc) is 2.81. The molecule has 0 atom stereocenters. The van der Waals surface area contributed by atoms with Crippen LogP contribution in [0.1, 0.15) is 11.3 Å². The number of benzene rings is 1. The molecule has 2 aromatic rings. The number of nitrogens with two attached hydrogens (primary N) is 1. The minimum absolute atomic E-state index is 0.734. The van der Waals surface area contributed by atoms with Gasteiger partial charge in [0.1, 0.15) is 11.5 Å². The molecule has 0 unspecified atom stereocenters. The van der Waals surface area contributed by atoms with Crippen molar-refractivity contribution in [1.29, 1.82) is 0 Å². The van der Waals surface area contributed by atoms with E-state index in [1.165, 1.54) is 5.56 Å². The largest absolute Gasteiger partial charge is 0.497 e. The molecule has 1 heterocycles. The van der Waals surface area contributed by atoms with E-state index in [0.29, 0.717) is 0 Å². The number of rotatable bonds is 5. The van der Waals surface area contributed by atoms with Crippen LogP contribution in [0, 0.1) is 0 Å². The third-order valence-electron chi connectivity index (χ3n) is 2.32. The van der Waals surface area contributed by atoms with Crippen LogP contribution in [0.4, 0.5) is 5.69 Å². The second kappa shape index (κ2) is 5.68. The molecule has 4 heteroatoms. The van der Waals surface area contributed by atoms with Crippen LogP contribution < -0.4 is 10.5 Å². The van der Waals surface area contributed by atoms with E-state index < -0.39 is 0 Å². The maximum absolute atomic E-state index is 5.79. The second-order valence-corrected chi connectivity index (χ2v) is 4.67. The highest BCUT2D eigenvalue weighted by atomic mass is 32.2. The fourth-order valence-electron chi connectivity index (χ4n) is 1.55. The zero-order chi connectivity index (χ0) is 12.1. The van der Waals surface area contributed by atoms with Crippen LogP contribution in [0.5, 0.6) is 5.75 Å². The van der Waals surface area contributed by atoms with Crippen LogP contribution >= 0.6 is 11.8 Å². The van der Waals surface area contributed by atoms with Gasteiger partial charge in [-0.3, -0.25) is 0 Å². The molecule has 0 spiro atoms. The van der Waals surface area contributed by atoms with Gasteiger partial charge in [-0.1, -0.05) is 0 Å². The normalized spacial score (nSPS) is 10.4. The molecule has 0 saturated heterocycles. The monoisotopic (exact) mass is 249 g/mol. The highest BCUT2D eigenvalue weighted by Gasteiger charge is 2.01. The van der Waals surface area contributed by atoms with E-state index in [4.69, 9.17) is 14.9 Å². The van der Waals surface area contributed by atoms with Crippen molar-refractivity contribution in [2.45, 2.75) is 11.5 Å². The standard InChI is InChI=1S/C13H15NO2S/c1-15-13-6-10(5-11(14)7-13)8-17-9-12-3-2-4-16-12/h2-7H,8-9,14H2,1H3. The van der Waals surface area contributed by atoms with Gasteiger partial charge in [-0.05, 0) is 29.8 Å². The van der Waals surface area contributed by atoms with Crippen LogP contribution in [0.25, 0.3) is 0 Å². The molecular weight excluding hydrogens is 234 g/mol. The molecule has 0 aliphatic heterocycles. The summed E-state index contributed by atoms with van der Waals surface area (Å²) in [6.45, 7) is 0. The lowest BCUT2D eigenvalue weighted by Gasteiger charge is -2.06. The third-order valence-corrected chi connectivity index (χ3v) is 3.34. The fraction of sp³-hybridized carbons (Fsp3) is 0.231. The van der Waals surface area contributed by atoms with E-state index in [-0.39, 0.29) is 0 Å². The van der Waals surface area contributed by atoms with E-state index in [0.717, 1.165) is 28.7 Å². The Labute approximate surface area is 105 Å². The molecule has 2 N–H and O–H groups in total. The molecule has 17 heavy (non-hydrogen) atoms. The number of methoxy groups -OCH3 is 1. The van der Waals surface area contributed by atoms with Crippen molar-refractivity contribution < 1.29 is 9.15 Å². The zero-order valence-electron chi connectivity index (χ0n) is 9.68. The van der Waals surface area contributed by atoms with Gasteiger partial charge in [0, 0.05) is 17.5 Å². The summed E-state index contributed by atoms with van der Waals surface area (Å²) < 4.78 is 10.4. The van der Waals surface area contributed by atoms with Crippen molar-refractivity contribution in [2.24, 2.45) is 0 Å². The predicted octanol–water partition coefficient (Wildman–Crippen LogP) is 3.30. The van der Waals surface area contributed by atoms with E-state index in [1.807, 2.05) is 30.3 Å². The van der Waals surface area contributed by atoms with Gasteiger partial charge in [0.2, 0.25) is 0 Å². The Kier molecular flexibility index (Phi) is 3.98. The molecular formula is C13H15NO2S. The van der Waals surface area contributed by atoms with Crippen molar-refractivity contribution in [3.05, 3.63) is 47.9 Å². The van der Waals surface area contributed by atoms with Crippen LogP contribution in [-0.4, -0.2) is 7.11 Å². The Morgan fingerprint density at radius 3 is 2.88 bits per heavy atom. The summed E-state index contributed by atoms with van der Waals surface area (Å²) in [5.41, 5.74) is 7.69. The lowest BCUT2D eigenvalue weighted by atomic mass is 10.2. The zero-order valence-corrected chi connectivity index (χ0v) is 10.5. The van der Waals surface area contributed by atoms with Gasteiger partial charge < -0.3 is 14.9 Å². The summed E-state index contributed by atoms with van der Waals surface area (Å²) >= 11 is 1.79. The molecule has 0 aliphatic rings. The van der Waals surface area contributed by atoms with Crippen molar-refractivity contribution in [3.63, 3.8) is 0 Å². The van der Waals surface area contributed by atoms with Gasteiger partial charge in [-0.25, -0.2) is 0 Å². The summed E-state index contributed by atoms with van der Waals surface area (Å²) in [6, 6.07) is 9.68. The Bertz CT molecular complexity index is 468. The minimum atomic E-state index is 0.734. The van der Waals surface area contributed by atoms with E-state index in [9.17, 15) is 0 Å². The summed E-state index contributed by atoms with van der Waals surface area (Å²) in [5, 5.41) is 0. The number of anilines is 1. The number of hydrogen-bond donors (Lipinski definition) is 1. The molecule has 0 bridgehead atoms. The van der Waals surface area contributed by atoms with E-state index in [2.05, 4.69) is 0 Å². The molecule has 0 amide bonds. The van der Waals surface area contributed by atoms with Crippen molar-refractivity contribution >= 4 is 17.4 Å². The number of furan rings is 1. The van der Waals surface area contributed by atoms with Gasteiger partial charge >= 0.3 is 0 Å². The molecule has 2 rings (SSSR count). The van der Waals surface area contributed by atoms with Crippen LogP contribution in [0.3, 0.4) is 0 Å². The topological polar surface area (TPSA) is 48.4 Å². The number of ether oxygens (including phenoxy) is 1. The number of thioether (sulfide) groups is 1. The second-order valence-electron chi connectivity index (χ2n) is 3.69. The maximum atomic E-state index is 5.79. The summed E-state index contributed by atoms with van der Waals surface area (Å²) in [7, 11) is 1.65. The summed E-state index contributed by atoms with van der Waals surface area (Å²) in [4.78, 5) is 0. The molecule has 3 nitrogen and oxygen atoms in total. The predicted molar refractivity (Wildman–Crippen MR) is 71.1 cm³/mol. The lowest BCUT2D eigenvalue weighted by molar-refractivity contribution is 0.414. The molecule has 0 saturated carbocycles. The third kappa shape index (κ3) is 3.46. The maximum Gasteiger partial charge on any atom is 0.121 e. The van der Waals surface area contributed by atoms with Crippen LogP contribution in [-0.2, 0) is 11.5 Å². The SMILES string of the molecule is COc1cc(N)cc(CSCc2ccco2)c1. The first kappa shape index (κ1) is 11.9. The summed E-state index contributed by atoms with van der Waals surface area (Å²) in [6.07, 6.45) is 1.69. The van der Waals surface area contributed by atoms with Gasteiger partial charge in [-0.2, -0.15) is 0 Å². The Hall–Kier alpha value is -1.55. The van der Waals surface area contributed by atoms with Crippen molar-refractivity contribution in [1.82, 2.24) is 0 Å². The smallest absolute Gasteiger partial charge is 0.121 e. The Morgan fingerprint density at radius 2 is 2.18 bits per heavy atom. The molecule has 1 aromatic heterocycles. The van der Waals surface area contributed by atoms with Gasteiger partial charge in [-0.15, -0.1) is 11.8 Å². The highest BCUT2D eigenvalue weighted by molar-refractivity contribution is 7.97. The van der Waals surface area contributed by atoms with Gasteiger partial charge in [0.05, 0.1) is 19.1 Å². The number of nitrogen functional groups attached to an aromatic ring is 1. The summed E-state index contributed by atoms with van der Waals surface area (Å²) in [5.74, 6) is 3.55. The fourth-order valence-corrected chi connectivity index (χ4v) is 2.42. The number of hydrogen-bond acceptors (Lipinski definition) is 4. The highest BCUT2D eigenvalue weighted by Crippen LogP contribution is 2.23. The van der Waals surface area contributed by atoms with Crippen LogP contribution in [0.15, 0.2) is 41.0 Å². The van der Waals surface area contributed by atoms with Crippen molar-refractivity contribution in [3.8, 4) is 5.75 Å². The van der Waals surface area contributed by atoms with Gasteiger partial charge in [0.25, 0.3) is 0 Å². The van der Waals surface area contributed by atoms with Gasteiger partial charge in [0.15, 0.2) is 0 Å².